The Morgan fingerprint density at radius 3 is 2.88 bits per heavy atom. The summed E-state index contributed by atoms with van der Waals surface area (Å²) in [6, 6.07) is 3.66. The van der Waals surface area contributed by atoms with Crippen LogP contribution in [0, 0.1) is 0 Å². The predicted octanol–water partition coefficient (Wildman–Crippen LogP) is 2.83. The van der Waals surface area contributed by atoms with Gasteiger partial charge in [-0.15, -0.1) is 0 Å². The van der Waals surface area contributed by atoms with Gasteiger partial charge in [0.25, 0.3) is 0 Å². The molecule has 0 aliphatic carbocycles. The van der Waals surface area contributed by atoms with E-state index in [1.54, 1.807) is 0 Å². The van der Waals surface area contributed by atoms with Crippen LogP contribution in [0.2, 0.25) is 0 Å². The number of nitrogen functional groups attached to an aromatic ring is 1. The van der Waals surface area contributed by atoms with Crippen LogP contribution in [0.1, 0.15) is 27.2 Å². The Morgan fingerprint density at radius 1 is 1.47 bits per heavy atom. The van der Waals surface area contributed by atoms with Gasteiger partial charge in [-0.2, -0.15) is 4.98 Å². The summed E-state index contributed by atoms with van der Waals surface area (Å²) >= 11 is 0. The molecule has 94 valence electrons. The van der Waals surface area contributed by atoms with E-state index in [4.69, 9.17) is 10.5 Å². The van der Waals surface area contributed by atoms with E-state index < -0.39 is 0 Å². The predicted molar refractivity (Wildman–Crippen MR) is 72.4 cm³/mol. The first kappa shape index (κ1) is 13.4. The normalized spacial score (nSPS) is 9.82. The fourth-order valence-electron chi connectivity index (χ4n) is 1.22. The SMILES string of the molecule is CCCOc1nc(NCC=C(C)C)ccc1N. The molecule has 0 amide bonds. The summed E-state index contributed by atoms with van der Waals surface area (Å²) in [7, 11) is 0. The molecule has 0 aliphatic rings. The molecule has 0 aromatic carbocycles. The van der Waals surface area contributed by atoms with Crippen LogP contribution in [-0.2, 0) is 0 Å². The van der Waals surface area contributed by atoms with Crippen LogP contribution < -0.4 is 15.8 Å². The van der Waals surface area contributed by atoms with Gasteiger partial charge < -0.3 is 15.8 Å². The smallest absolute Gasteiger partial charge is 0.239 e. The van der Waals surface area contributed by atoms with Crippen molar-refractivity contribution in [3.05, 3.63) is 23.8 Å². The highest BCUT2D eigenvalue weighted by Crippen LogP contribution is 2.20. The largest absolute Gasteiger partial charge is 0.476 e. The molecule has 17 heavy (non-hydrogen) atoms. The number of anilines is 2. The van der Waals surface area contributed by atoms with Crippen molar-refractivity contribution in [2.45, 2.75) is 27.2 Å². The molecule has 0 atom stereocenters. The van der Waals surface area contributed by atoms with Gasteiger partial charge in [-0.3, -0.25) is 0 Å². The van der Waals surface area contributed by atoms with Gasteiger partial charge in [0, 0.05) is 6.54 Å². The molecule has 0 unspecified atom stereocenters. The van der Waals surface area contributed by atoms with Crippen molar-refractivity contribution in [3.63, 3.8) is 0 Å². The molecular formula is C13H21N3O. The van der Waals surface area contributed by atoms with Crippen molar-refractivity contribution in [3.8, 4) is 5.88 Å². The Labute approximate surface area is 103 Å². The van der Waals surface area contributed by atoms with Gasteiger partial charge in [0.15, 0.2) is 0 Å². The number of allylic oxidation sites excluding steroid dienone is 1. The van der Waals surface area contributed by atoms with E-state index in [1.165, 1.54) is 5.57 Å². The van der Waals surface area contributed by atoms with Crippen molar-refractivity contribution in [2.75, 3.05) is 24.2 Å². The zero-order valence-electron chi connectivity index (χ0n) is 10.8. The second-order valence-corrected chi connectivity index (χ2v) is 4.10. The maximum Gasteiger partial charge on any atom is 0.239 e. The maximum atomic E-state index is 5.78. The third-order valence-corrected chi connectivity index (χ3v) is 2.13. The Bertz CT molecular complexity index is 384. The van der Waals surface area contributed by atoms with E-state index in [1.807, 2.05) is 19.1 Å². The van der Waals surface area contributed by atoms with Crippen LogP contribution in [0.4, 0.5) is 11.5 Å². The number of nitrogens with one attached hydrogen (secondary N) is 1. The van der Waals surface area contributed by atoms with E-state index >= 15 is 0 Å². The summed E-state index contributed by atoms with van der Waals surface area (Å²) in [6.07, 6.45) is 3.04. The first-order valence-electron chi connectivity index (χ1n) is 5.90. The fourth-order valence-corrected chi connectivity index (χ4v) is 1.22. The Balaban J connectivity index is 2.64. The second-order valence-electron chi connectivity index (χ2n) is 4.10. The minimum atomic E-state index is 0.508. The van der Waals surface area contributed by atoms with Crippen LogP contribution in [0.5, 0.6) is 5.88 Å². The number of hydrogen-bond acceptors (Lipinski definition) is 4. The standard InChI is InChI=1S/C13H21N3O/c1-4-9-17-13-11(14)5-6-12(16-13)15-8-7-10(2)3/h5-7H,4,8-9,14H2,1-3H3,(H,15,16). The molecule has 0 radical (unpaired) electrons. The van der Waals surface area contributed by atoms with Crippen molar-refractivity contribution in [1.29, 1.82) is 0 Å². The molecule has 0 bridgehead atoms. The number of hydrogen-bond donors (Lipinski definition) is 2. The van der Waals surface area contributed by atoms with Crippen LogP contribution in [0.3, 0.4) is 0 Å². The van der Waals surface area contributed by atoms with Gasteiger partial charge in [-0.05, 0) is 32.4 Å². The minimum absolute atomic E-state index is 0.508. The van der Waals surface area contributed by atoms with Gasteiger partial charge in [0.2, 0.25) is 5.88 Å². The second kappa shape index (κ2) is 6.78. The summed E-state index contributed by atoms with van der Waals surface area (Å²) < 4.78 is 5.46. The van der Waals surface area contributed by atoms with E-state index in [2.05, 4.69) is 30.2 Å². The van der Waals surface area contributed by atoms with E-state index in [9.17, 15) is 0 Å². The highest BCUT2D eigenvalue weighted by atomic mass is 16.5. The van der Waals surface area contributed by atoms with Crippen molar-refractivity contribution < 1.29 is 4.74 Å². The zero-order valence-corrected chi connectivity index (χ0v) is 10.8. The topological polar surface area (TPSA) is 60.2 Å². The third-order valence-electron chi connectivity index (χ3n) is 2.13. The van der Waals surface area contributed by atoms with Crippen LogP contribution in [-0.4, -0.2) is 18.1 Å². The van der Waals surface area contributed by atoms with Gasteiger partial charge in [0.1, 0.15) is 5.82 Å². The highest BCUT2D eigenvalue weighted by Gasteiger charge is 2.03. The average Bonchev–Trinajstić information content (AvgIpc) is 2.29. The molecule has 0 saturated carbocycles. The molecule has 0 fully saturated rings. The first-order valence-corrected chi connectivity index (χ1v) is 5.90. The summed E-state index contributed by atoms with van der Waals surface area (Å²) in [5.41, 5.74) is 7.63. The van der Waals surface area contributed by atoms with E-state index in [0.29, 0.717) is 18.2 Å². The zero-order chi connectivity index (χ0) is 12.7. The summed E-state index contributed by atoms with van der Waals surface area (Å²) in [5.74, 6) is 1.29. The first-order chi connectivity index (χ1) is 8.13. The number of pyridine rings is 1. The lowest BCUT2D eigenvalue weighted by molar-refractivity contribution is 0.307. The van der Waals surface area contributed by atoms with E-state index in [0.717, 1.165) is 18.8 Å². The molecule has 1 aromatic rings. The number of ether oxygens (including phenoxy) is 1. The van der Waals surface area contributed by atoms with Gasteiger partial charge in [-0.25, -0.2) is 0 Å². The molecule has 0 spiro atoms. The Hall–Kier alpha value is -1.71. The molecule has 1 aromatic heterocycles. The van der Waals surface area contributed by atoms with Crippen molar-refractivity contribution in [1.82, 2.24) is 4.98 Å². The van der Waals surface area contributed by atoms with Crippen LogP contribution in [0.15, 0.2) is 23.8 Å². The maximum absolute atomic E-state index is 5.78. The lowest BCUT2D eigenvalue weighted by Gasteiger charge is -2.09. The molecule has 1 rings (SSSR count). The molecule has 4 nitrogen and oxygen atoms in total. The number of rotatable bonds is 6. The number of nitrogens with two attached hydrogens (primary N) is 1. The van der Waals surface area contributed by atoms with Crippen molar-refractivity contribution >= 4 is 11.5 Å². The van der Waals surface area contributed by atoms with E-state index in [-0.39, 0.29) is 0 Å². The molecular weight excluding hydrogens is 214 g/mol. The number of nitrogens with zero attached hydrogens (tertiary/aromatic N) is 1. The Kier molecular flexibility index (Phi) is 5.33. The van der Waals surface area contributed by atoms with Gasteiger partial charge in [0.05, 0.1) is 12.3 Å². The van der Waals surface area contributed by atoms with Crippen molar-refractivity contribution in [2.24, 2.45) is 0 Å². The fraction of sp³-hybridized carbons (Fsp3) is 0.462. The summed E-state index contributed by atoms with van der Waals surface area (Å²) in [5, 5.41) is 3.20. The highest BCUT2D eigenvalue weighted by molar-refractivity contribution is 5.53. The van der Waals surface area contributed by atoms with Crippen LogP contribution in [0.25, 0.3) is 0 Å². The molecule has 4 heteroatoms. The van der Waals surface area contributed by atoms with Crippen LogP contribution >= 0.6 is 0 Å². The average molecular weight is 235 g/mol. The summed E-state index contributed by atoms with van der Waals surface area (Å²) in [6.45, 7) is 7.57. The third kappa shape index (κ3) is 4.76. The quantitative estimate of drug-likeness (QED) is 0.744. The molecule has 0 aliphatic heterocycles. The van der Waals surface area contributed by atoms with Gasteiger partial charge >= 0.3 is 0 Å². The number of aromatic nitrogens is 1. The summed E-state index contributed by atoms with van der Waals surface area (Å²) in [4.78, 5) is 4.32. The lowest BCUT2D eigenvalue weighted by atomic mass is 10.3. The minimum Gasteiger partial charge on any atom is -0.476 e. The molecule has 3 N–H and O–H groups in total. The monoisotopic (exact) mass is 235 g/mol. The molecule has 0 saturated heterocycles. The molecule has 1 heterocycles. The Morgan fingerprint density at radius 2 is 2.24 bits per heavy atom. The van der Waals surface area contributed by atoms with Gasteiger partial charge in [-0.1, -0.05) is 18.6 Å². The lowest BCUT2D eigenvalue weighted by Crippen LogP contribution is -2.05.